The summed E-state index contributed by atoms with van der Waals surface area (Å²) in [5, 5.41) is 2.97. The van der Waals surface area contributed by atoms with Gasteiger partial charge in [-0.2, -0.15) is 0 Å². The number of hydrogen-bond acceptors (Lipinski definition) is 3. The van der Waals surface area contributed by atoms with E-state index in [1.165, 1.54) is 0 Å². The SMILES string of the molecule is COc1ccccc1NC(=O)C1CCC(C(=O)N2CCCC2)CC1. The quantitative estimate of drug-likeness (QED) is 0.923. The van der Waals surface area contributed by atoms with E-state index in [0.29, 0.717) is 17.3 Å². The van der Waals surface area contributed by atoms with Crippen LogP contribution in [0, 0.1) is 11.8 Å². The van der Waals surface area contributed by atoms with Gasteiger partial charge in [0.2, 0.25) is 11.8 Å². The predicted molar refractivity (Wildman–Crippen MR) is 92.9 cm³/mol. The summed E-state index contributed by atoms with van der Waals surface area (Å²) in [5.41, 5.74) is 0.709. The summed E-state index contributed by atoms with van der Waals surface area (Å²) in [4.78, 5) is 27.0. The molecule has 1 heterocycles. The minimum absolute atomic E-state index is 0.0162. The normalized spacial score (nSPS) is 23.8. The highest BCUT2D eigenvalue weighted by molar-refractivity contribution is 5.94. The number of anilines is 1. The van der Waals surface area contributed by atoms with E-state index in [9.17, 15) is 9.59 Å². The molecule has 1 saturated heterocycles. The Labute approximate surface area is 143 Å². The molecular formula is C19H26N2O3. The van der Waals surface area contributed by atoms with E-state index in [2.05, 4.69) is 5.32 Å². The van der Waals surface area contributed by atoms with Crippen LogP contribution in [0.5, 0.6) is 5.75 Å². The van der Waals surface area contributed by atoms with E-state index in [1.54, 1.807) is 7.11 Å². The maximum absolute atomic E-state index is 12.5. The second kappa shape index (κ2) is 7.69. The molecule has 1 saturated carbocycles. The third-order valence-electron chi connectivity index (χ3n) is 5.23. The summed E-state index contributed by atoms with van der Waals surface area (Å²) in [6, 6.07) is 7.44. The maximum Gasteiger partial charge on any atom is 0.227 e. The van der Waals surface area contributed by atoms with Gasteiger partial charge in [-0.1, -0.05) is 12.1 Å². The van der Waals surface area contributed by atoms with Crippen molar-refractivity contribution in [1.82, 2.24) is 4.90 Å². The molecule has 3 rings (SSSR count). The second-order valence-corrected chi connectivity index (χ2v) is 6.77. The van der Waals surface area contributed by atoms with Crippen molar-refractivity contribution in [3.05, 3.63) is 24.3 Å². The van der Waals surface area contributed by atoms with Crippen LogP contribution in [0.2, 0.25) is 0 Å². The van der Waals surface area contributed by atoms with E-state index >= 15 is 0 Å². The smallest absolute Gasteiger partial charge is 0.227 e. The average molecular weight is 330 g/mol. The molecule has 2 aliphatic rings. The third-order valence-corrected chi connectivity index (χ3v) is 5.23. The summed E-state index contributed by atoms with van der Waals surface area (Å²) in [7, 11) is 1.60. The molecule has 1 aliphatic heterocycles. The van der Waals surface area contributed by atoms with Crippen molar-refractivity contribution >= 4 is 17.5 Å². The van der Waals surface area contributed by atoms with E-state index in [-0.39, 0.29) is 17.7 Å². The van der Waals surface area contributed by atoms with Crippen LogP contribution in [0.4, 0.5) is 5.69 Å². The van der Waals surface area contributed by atoms with Crippen LogP contribution < -0.4 is 10.1 Å². The van der Waals surface area contributed by atoms with Crippen molar-refractivity contribution in [2.75, 3.05) is 25.5 Å². The van der Waals surface area contributed by atoms with Crippen molar-refractivity contribution in [2.45, 2.75) is 38.5 Å². The fourth-order valence-electron chi connectivity index (χ4n) is 3.78. The number of rotatable bonds is 4. The summed E-state index contributed by atoms with van der Waals surface area (Å²) in [6.45, 7) is 1.82. The largest absolute Gasteiger partial charge is 0.495 e. The molecule has 2 amide bonds. The fraction of sp³-hybridized carbons (Fsp3) is 0.579. The molecule has 1 N–H and O–H groups in total. The fourth-order valence-corrected chi connectivity index (χ4v) is 3.78. The van der Waals surface area contributed by atoms with E-state index in [4.69, 9.17) is 4.74 Å². The minimum atomic E-state index is -0.0162. The molecule has 0 aromatic heterocycles. The number of ether oxygens (including phenoxy) is 1. The van der Waals surface area contributed by atoms with Crippen molar-refractivity contribution in [3.63, 3.8) is 0 Å². The number of amides is 2. The first-order valence-electron chi connectivity index (χ1n) is 8.91. The van der Waals surface area contributed by atoms with Crippen LogP contribution >= 0.6 is 0 Å². The Kier molecular flexibility index (Phi) is 5.38. The zero-order chi connectivity index (χ0) is 16.9. The lowest BCUT2D eigenvalue weighted by Crippen LogP contribution is -2.37. The molecule has 1 aromatic rings. The van der Waals surface area contributed by atoms with Gasteiger partial charge in [0, 0.05) is 24.9 Å². The average Bonchev–Trinajstić information content (AvgIpc) is 3.16. The monoisotopic (exact) mass is 330 g/mol. The van der Waals surface area contributed by atoms with Crippen molar-refractivity contribution < 1.29 is 14.3 Å². The Morgan fingerprint density at radius 1 is 1.04 bits per heavy atom. The number of carbonyl (C=O) groups is 2. The summed E-state index contributed by atoms with van der Waals surface area (Å²) in [5.74, 6) is 1.10. The van der Waals surface area contributed by atoms with Gasteiger partial charge < -0.3 is 15.0 Å². The molecule has 0 atom stereocenters. The highest BCUT2D eigenvalue weighted by atomic mass is 16.5. The molecule has 1 aromatic carbocycles. The first-order chi connectivity index (χ1) is 11.7. The second-order valence-electron chi connectivity index (χ2n) is 6.77. The lowest BCUT2D eigenvalue weighted by atomic mass is 9.81. The first kappa shape index (κ1) is 16.8. The molecule has 5 nitrogen and oxygen atoms in total. The zero-order valence-electron chi connectivity index (χ0n) is 14.3. The van der Waals surface area contributed by atoms with Crippen LogP contribution in [0.1, 0.15) is 38.5 Å². The topological polar surface area (TPSA) is 58.6 Å². The molecule has 2 fully saturated rings. The van der Waals surface area contributed by atoms with Gasteiger partial charge in [0.15, 0.2) is 0 Å². The number of carbonyl (C=O) groups excluding carboxylic acids is 2. The van der Waals surface area contributed by atoms with Crippen molar-refractivity contribution in [3.8, 4) is 5.75 Å². The standard InChI is InChI=1S/C19H26N2O3/c1-24-17-7-3-2-6-16(17)20-18(22)14-8-10-15(11-9-14)19(23)21-12-4-5-13-21/h2-3,6-7,14-15H,4-5,8-13H2,1H3,(H,20,22). The number of nitrogens with zero attached hydrogens (tertiary/aromatic N) is 1. The molecule has 0 bridgehead atoms. The van der Waals surface area contributed by atoms with Gasteiger partial charge >= 0.3 is 0 Å². The minimum Gasteiger partial charge on any atom is -0.495 e. The highest BCUT2D eigenvalue weighted by Crippen LogP contribution is 2.32. The van der Waals surface area contributed by atoms with Gasteiger partial charge in [-0.15, -0.1) is 0 Å². The predicted octanol–water partition coefficient (Wildman–Crippen LogP) is 3.06. The van der Waals surface area contributed by atoms with Crippen LogP contribution in [-0.4, -0.2) is 36.9 Å². The molecule has 24 heavy (non-hydrogen) atoms. The van der Waals surface area contributed by atoms with E-state index in [0.717, 1.165) is 51.6 Å². The molecule has 130 valence electrons. The summed E-state index contributed by atoms with van der Waals surface area (Å²) in [6.07, 6.45) is 5.46. The molecule has 5 heteroatoms. The highest BCUT2D eigenvalue weighted by Gasteiger charge is 2.33. The van der Waals surface area contributed by atoms with Gasteiger partial charge in [-0.05, 0) is 50.7 Å². The third kappa shape index (κ3) is 3.71. The number of benzene rings is 1. The lowest BCUT2D eigenvalue weighted by Gasteiger charge is -2.30. The number of para-hydroxylation sites is 2. The Morgan fingerprint density at radius 3 is 2.33 bits per heavy atom. The summed E-state index contributed by atoms with van der Waals surface area (Å²) < 4.78 is 5.27. The van der Waals surface area contributed by atoms with Gasteiger partial charge in [-0.3, -0.25) is 9.59 Å². The van der Waals surface area contributed by atoms with Crippen LogP contribution in [0.15, 0.2) is 24.3 Å². The van der Waals surface area contributed by atoms with Crippen LogP contribution in [0.3, 0.4) is 0 Å². The molecule has 0 unspecified atom stereocenters. The van der Waals surface area contributed by atoms with Gasteiger partial charge in [0.05, 0.1) is 12.8 Å². The number of likely N-dealkylation sites (tertiary alicyclic amines) is 1. The zero-order valence-corrected chi connectivity index (χ0v) is 14.3. The van der Waals surface area contributed by atoms with Gasteiger partial charge in [-0.25, -0.2) is 0 Å². The van der Waals surface area contributed by atoms with E-state index in [1.807, 2.05) is 29.2 Å². The maximum atomic E-state index is 12.5. The first-order valence-corrected chi connectivity index (χ1v) is 8.91. The molecular weight excluding hydrogens is 304 g/mol. The van der Waals surface area contributed by atoms with Crippen molar-refractivity contribution in [1.29, 1.82) is 0 Å². The van der Waals surface area contributed by atoms with E-state index < -0.39 is 0 Å². The molecule has 1 aliphatic carbocycles. The number of hydrogen-bond donors (Lipinski definition) is 1. The summed E-state index contributed by atoms with van der Waals surface area (Å²) >= 11 is 0. The lowest BCUT2D eigenvalue weighted by molar-refractivity contribution is -0.136. The molecule has 0 spiro atoms. The number of nitrogens with one attached hydrogen (secondary N) is 1. The van der Waals surface area contributed by atoms with Crippen molar-refractivity contribution in [2.24, 2.45) is 11.8 Å². The number of methoxy groups -OCH3 is 1. The van der Waals surface area contributed by atoms with Gasteiger partial charge in [0.1, 0.15) is 5.75 Å². The Balaban J connectivity index is 1.52. The van der Waals surface area contributed by atoms with Crippen LogP contribution in [0.25, 0.3) is 0 Å². The Morgan fingerprint density at radius 2 is 1.67 bits per heavy atom. The van der Waals surface area contributed by atoms with Gasteiger partial charge in [0.25, 0.3) is 0 Å². The van der Waals surface area contributed by atoms with Crippen LogP contribution in [-0.2, 0) is 9.59 Å². The Bertz CT molecular complexity index is 588. The Hall–Kier alpha value is -2.04. The molecule has 0 radical (unpaired) electrons.